The number of allylic oxidation sites excluding steroid dienone is 2. The monoisotopic (exact) mass is 461 g/mol. The number of nitriles is 1. The number of aliphatic imine (C=N–C) groups is 1. The standard InChI is InChI=1S/C21H24ClN5O3S/c1-6-26(7-2)20(28)16-11(3)25-21-27(19(24)15(10-23)31-21)17(16)12-8-13(22)18(30-5)14(9-12)29-4/h8-9,17H,6-7,24H2,1-5H3/t17-/m1/s1. The Morgan fingerprint density at radius 2 is 2.03 bits per heavy atom. The second-order valence-electron chi connectivity index (χ2n) is 6.81. The van der Waals surface area contributed by atoms with E-state index in [1.54, 1.807) is 28.9 Å². The van der Waals surface area contributed by atoms with Crippen LogP contribution in [0.4, 0.5) is 0 Å². The molecule has 10 heteroatoms. The van der Waals surface area contributed by atoms with Crippen molar-refractivity contribution >= 4 is 34.4 Å². The minimum absolute atomic E-state index is 0.149. The number of hydrogen-bond acceptors (Lipinski definition) is 8. The maximum absolute atomic E-state index is 13.5. The molecule has 164 valence electrons. The minimum Gasteiger partial charge on any atom is -0.493 e. The number of likely N-dealkylation sites (N-methyl/N-ethyl adjacent to an activating group) is 1. The first-order chi connectivity index (χ1) is 14.8. The molecule has 0 saturated heterocycles. The molecule has 0 fully saturated rings. The van der Waals surface area contributed by atoms with Gasteiger partial charge in [-0.2, -0.15) is 5.26 Å². The third-order valence-electron chi connectivity index (χ3n) is 5.23. The Morgan fingerprint density at radius 1 is 1.35 bits per heavy atom. The highest BCUT2D eigenvalue weighted by molar-refractivity contribution is 8.17. The molecule has 0 radical (unpaired) electrons. The lowest BCUT2D eigenvalue weighted by atomic mass is 9.93. The van der Waals surface area contributed by atoms with Crippen molar-refractivity contribution in [1.29, 1.82) is 5.26 Å². The molecule has 3 rings (SSSR count). The summed E-state index contributed by atoms with van der Waals surface area (Å²) in [5, 5.41) is 10.4. The number of carbonyl (C=O) groups excluding carboxylic acids is 1. The van der Waals surface area contributed by atoms with E-state index in [0.717, 1.165) is 0 Å². The third-order valence-corrected chi connectivity index (χ3v) is 6.49. The lowest BCUT2D eigenvalue weighted by molar-refractivity contribution is -0.127. The van der Waals surface area contributed by atoms with Gasteiger partial charge in [-0.3, -0.25) is 9.69 Å². The van der Waals surface area contributed by atoms with Crippen LogP contribution in [0.25, 0.3) is 0 Å². The number of ether oxygens (including phenoxy) is 2. The molecule has 0 bridgehead atoms. The number of thioether (sulfide) groups is 1. The van der Waals surface area contributed by atoms with Crippen LogP contribution in [0.2, 0.25) is 5.02 Å². The molecule has 2 aliphatic heterocycles. The fraction of sp³-hybridized carbons (Fsp3) is 0.381. The summed E-state index contributed by atoms with van der Waals surface area (Å²) in [5.41, 5.74) is 8.04. The van der Waals surface area contributed by atoms with Gasteiger partial charge in [0.05, 0.1) is 36.6 Å². The number of rotatable bonds is 6. The lowest BCUT2D eigenvalue weighted by Crippen LogP contribution is -2.42. The van der Waals surface area contributed by atoms with Gasteiger partial charge in [0.2, 0.25) is 0 Å². The largest absolute Gasteiger partial charge is 0.493 e. The van der Waals surface area contributed by atoms with Gasteiger partial charge in [-0.1, -0.05) is 11.6 Å². The van der Waals surface area contributed by atoms with Gasteiger partial charge >= 0.3 is 0 Å². The predicted octanol–water partition coefficient (Wildman–Crippen LogP) is 3.61. The summed E-state index contributed by atoms with van der Waals surface area (Å²) in [6, 6.07) is 4.97. The Morgan fingerprint density at radius 3 is 2.58 bits per heavy atom. The van der Waals surface area contributed by atoms with E-state index in [-0.39, 0.29) is 11.7 Å². The van der Waals surface area contributed by atoms with Crippen LogP contribution < -0.4 is 15.2 Å². The van der Waals surface area contributed by atoms with Crippen LogP contribution in [0.5, 0.6) is 11.5 Å². The first-order valence-electron chi connectivity index (χ1n) is 9.69. The fourth-order valence-electron chi connectivity index (χ4n) is 3.71. The number of nitrogens with two attached hydrogens (primary N) is 1. The van der Waals surface area contributed by atoms with Crippen LogP contribution in [0.1, 0.15) is 32.4 Å². The van der Waals surface area contributed by atoms with Gasteiger partial charge in [0.25, 0.3) is 5.91 Å². The fourth-order valence-corrected chi connectivity index (χ4v) is 4.92. The highest BCUT2D eigenvalue weighted by atomic mass is 35.5. The zero-order valence-electron chi connectivity index (χ0n) is 18.0. The van der Waals surface area contributed by atoms with Gasteiger partial charge in [-0.05, 0) is 50.2 Å². The second-order valence-corrected chi connectivity index (χ2v) is 8.19. The maximum atomic E-state index is 13.5. The zero-order chi connectivity index (χ0) is 22.9. The third kappa shape index (κ3) is 3.82. The lowest BCUT2D eigenvalue weighted by Gasteiger charge is -2.37. The van der Waals surface area contributed by atoms with E-state index in [1.807, 2.05) is 13.8 Å². The molecule has 0 aromatic heterocycles. The number of hydrogen-bond donors (Lipinski definition) is 1. The van der Waals surface area contributed by atoms with Crippen LogP contribution in [0, 0.1) is 11.3 Å². The summed E-state index contributed by atoms with van der Waals surface area (Å²) in [6.07, 6.45) is 0. The Balaban J connectivity index is 2.27. The van der Waals surface area contributed by atoms with E-state index in [1.165, 1.54) is 26.0 Å². The Kier molecular flexibility index (Phi) is 6.72. The summed E-state index contributed by atoms with van der Waals surface area (Å²) in [7, 11) is 3.02. The number of fused-ring (bicyclic) bond motifs is 1. The van der Waals surface area contributed by atoms with Crippen molar-refractivity contribution in [3.63, 3.8) is 0 Å². The van der Waals surface area contributed by atoms with Crippen LogP contribution in [0.3, 0.4) is 0 Å². The minimum atomic E-state index is -0.628. The summed E-state index contributed by atoms with van der Waals surface area (Å²) < 4.78 is 10.8. The van der Waals surface area contributed by atoms with E-state index in [0.29, 0.717) is 56.5 Å². The van der Waals surface area contributed by atoms with Crippen molar-refractivity contribution in [2.75, 3.05) is 27.3 Å². The number of amides is 1. The molecule has 0 saturated carbocycles. The first kappa shape index (κ1) is 22.8. The van der Waals surface area contributed by atoms with E-state index < -0.39 is 6.04 Å². The topological polar surface area (TPSA) is 104 Å². The van der Waals surface area contributed by atoms with Crippen LogP contribution in [0.15, 0.2) is 39.1 Å². The van der Waals surface area contributed by atoms with Gasteiger partial charge in [-0.25, -0.2) is 4.99 Å². The molecule has 1 aromatic carbocycles. The average Bonchev–Trinajstić information content (AvgIpc) is 3.07. The predicted molar refractivity (Wildman–Crippen MR) is 122 cm³/mol. The van der Waals surface area contributed by atoms with Gasteiger partial charge < -0.3 is 20.1 Å². The van der Waals surface area contributed by atoms with Crippen LogP contribution >= 0.6 is 23.4 Å². The zero-order valence-corrected chi connectivity index (χ0v) is 19.6. The molecule has 31 heavy (non-hydrogen) atoms. The van der Waals surface area contributed by atoms with Gasteiger partial charge in [-0.15, -0.1) is 0 Å². The van der Waals surface area contributed by atoms with Crippen LogP contribution in [-0.2, 0) is 4.79 Å². The van der Waals surface area contributed by atoms with Crippen molar-refractivity contribution in [1.82, 2.24) is 9.80 Å². The first-order valence-corrected chi connectivity index (χ1v) is 10.9. The number of carbonyl (C=O) groups is 1. The highest BCUT2D eigenvalue weighted by Crippen LogP contribution is 2.48. The number of benzene rings is 1. The number of nitrogens with zero attached hydrogens (tertiary/aromatic N) is 4. The molecule has 0 spiro atoms. The van der Waals surface area contributed by atoms with Gasteiger partial charge in [0, 0.05) is 13.1 Å². The quantitative estimate of drug-likeness (QED) is 0.689. The Bertz CT molecular complexity index is 1060. The molecular weight excluding hydrogens is 438 g/mol. The van der Waals surface area contributed by atoms with Gasteiger partial charge in [0.15, 0.2) is 16.7 Å². The summed E-state index contributed by atoms with van der Waals surface area (Å²) in [6.45, 7) is 6.73. The number of methoxy groups -OCH3 is 2. The van der Waals surface area contributed by atoms with Crippen molar-refractivity contribution in [3.8, 4) is 17.6 Å². The van der Waals surface area contributed by atoms with Crippen molar-refractivity contribution < 1.29 is 14.3 Å². The van der Waals surface area contributed by atoms with E-state index in [4.69, 9.17) is 26.8 Å². The summed E-state index contributed by atoms with van der Waals surface area (Å²) in [5.74, 6) is 0.923. The molecule has 2 heterocycles. The van der Waals surface area contributed by atoms with E-state index >= 15 is 0 Å². The SMILES string of the molecule is CCN(CC)C(=O)C1=C(C)N=C2SC(C#N)=C(N)N2[C@@H]1c1cc(Cl)c(OC)c(OC)c1. The molecular formula is C21H24ClN5O3S. The Hall–Kier alpha value is -2.83. The average molecular weight is 462 g/mol. The van der Waals surface area contributed by atoms with E-state index in [9.17, 15) is 10.1 Å². The number of halogens is 1. The molecule has 2 N–H and O–H groups in total. The second kappa shape index (κ2) is 9.12. The number of amidine groups is 1. The molecule has 1 atom stereocenters. The van der Waals surface area contributed by atoms with Crippen molar-refractivity contribution in [2.24, 2.45) is 10.7 Å². The van der Waals surface area contributed by atoms with Crippen molar-refractivity contribution in [2.45, 2.75) is 26.8 Å². The summed E-state index contributed by atoms with van der Waals surface area (Å²) in [4.78, 5) is 21.9. The molecule has 8 nitrogen and oxygen atoms in total. The maximum Gasteiger partial charge on any atom is 0.254 e. The van der Waals surface area contributed by atoms with Crippen LogP contribution in [-0.4, -0.2) is 48.2 Å². The Labute approximate surface area is 190 Å². The molecule has 1 amide bonds. The van der Waals surface area contributed by atoms with E-state index in [2.05, 4.69) is 11.1 Å². The highest BCUT2D eigenvalue weighted by Gasteiger charge is 2.43. The van der Waals surface area contributed by atoms with Crippen molar-refractivity contribution in [3.05, 3.63) is 44.7 Å². The molecule has 0 aliphatic carbocycles. The molecule has 1 aromatic rings. The van der Waals surface area contributed by atoms with Gasteiger partial charge in [0.1, 0.15) is 16.8 Å². The smallest absolute Gasteiger partial charge is 0.254 e. The summed E-state index contributed by atoms with van der Waals surface area (Å²) >= 11 is 7.66. The molecule has 2 aliphatic rings. The molecule has 0 unspecified atom stereocenters. The normalized spacial score (nSPS) is 17.9.